The zero-order valence-electron chi connectivity index (χ0n) is 16.0. The summed E-state index contributed by atoms with van der Waals surface area (Å²) in [7, 11) is 0. The Bertz CT molecular complexity index is 1230. The molecule has 0 unspecified atom stereocenters. The maximum absolute atomic E-state index is 13.0. The second-order valence-corrected chi connectivity index (χ2v) is 8.14. The summed E-state index contributed by atoms with van der Waals surface area (Å²) < 4.78 is 44.8. The molecule has 158 valence electrons. The van der Waals surface area contributed by atoms with Crippen molar-refractivity contribution in [1.82, 2.24) is 5.32 Å². The molecule has 0 aliphatic carbocycles. The number of amidine groups is 1. The maximum atomic E-state index is 13.0. The number of rotatable bonds is 3. The van der Waals surface area contributed by atoms with Gasteiger partial charge in [-0.3, -0.25) is 4.79 Å². The highest BCUT2D eigenvalue weighted by Gasteiger charge is 2.31. The number of amides is 1. The summed E-state index contributed by atoms with van der Waals surface area (Å²) in [5, 5.41) is 2.53. The van der Waals surface area contributed by atoms with Gasteiger partial charge in [-0.2, -0.15) is 13.2 Å². The number of furan rings is 1. The second kappa shape index (κ2) is 8.28. The van der Waals surface area contributed by atoms with Crippen molar-refractivity contribution in [3.05, 3.63) is 81.4 Å². The van der Waals surface area contributed by atoms with Crippen LogP contribution in [0.2, 0.25) is 5.02 Å². The van der Waals surface area contributed by atoms with Gasteiger partial charge in [0.1, 0.15) is 17.4 Å². The molecule has 4 nitrogen and oxygen atoms in total. The number of nitrogens with one attached hydrogen (secondary N) is 1. The summed E-state index contributed by atoms with van der Waals surface area (Å²) >= 11 is 7.04. The number of alkyl halides is 3. The molecule has 0 spiro atoms. The van der Waals surface area contributed by atoms with Crippen molar-refractivity contribution in [3.63, 3.8) is 0 Å². The van der Waals surface area contributed by atoms with Crippen molar-refractivity contribution >= 4 is 46.2 Å². The Morgan fingerprint density at radius 1 is 1.13 bits per heavy atom. The summed E-state index contributed by atoms with van der Waals surface area (Å²) in [5.41, 5.74) is 1.01. The van der Waals surface area contributed by atoms with Gasteiger partial charge in [-0.1, -0.05) is 23.7 Å². The topological polar surface area (TPSA) is 54.6 Å². The summed E-state index contributed by atoms with van der Waals surface area (Å²) in [6.07, 6.45) is -2.90. The highest BCUT2D eigenvalue weighted by atomic mass is 35.5. The van der Waals surface area contributed by atoms with Crippen LogP contribution in [0.3, 0.4) is 0 Å². The van der Waals surface area contributed by atoms with Crippen molar-refractivity contribution in [1.29, 1.82) is 0 Å². The third-order valence-electron chi connectivity index (χ3n) is 4.36. The van der Waals surface area contributed by atoms with Crippen LogP contribution in [0.25, 0.3) is 17.4 Å². The van der Waals surface area contributed by atoms with Crippen LogP contribution in [0.4, 0.5) is 23.7 Å². The number of benzene rings is 2. The minimum atomic E-state index is -4.50. The van der Waals surface area contributed by atoms with Gasteiger partial charge in [-0.05, 0) is 72.8 Å². The van der Waals surface area contributed by atoms with Gasteiger partial charge >= 0.3 is 6.18 Å². The summed E-state index contributed by atoms with van der Waals surface area (Å²) in [6.45, 7) is 1.94. The van der Waals surface area contributed by atoms with E-state index in [1.165, 1.54) is 12.1 Å². The highest BCUT2D eigenvalue weighted by molar-refractivity contribution is 8.18. The quantitative estimate of drug-likeness (QED) is 0.439. The van der Waals surface area contributed by atoms with E-state index in [9.17, 15) is 18.0 Å². The van der Waals surface area contributed by atoms with E-state index in [1.54, 1.807) is 12.1 Å². The molecule has 4 rings (SSSR count). The Morgan fingerprint density at radius 2 is 1.94 bits per heavy atom. The van der Waals surface area contributed by atoms with Gasteiger partial charge in [0.25, 0.3) is 5.24 Å². The first-order valence-corrected chi connectivity index (χ1v) is 10.2. The van der Waals surface area contributed by atoms with E-state index in [-0.39, 0.29) is 21.6 Å². The van der Waals surface area contributed by atoms with Gasteiger partial charge in [-0.15, -0.1) is 0 Å². The minimum Gasteiger partial charge on any atom is -0.457 e. The van der Waals surface area contributed by atoms with Crippen molar-refractivity contribution < 1.29 is 22.4 Å². The van der Waals surface area contributed by atoms with E-state index in [0.29, 0.717) is 22.2 Å². The number of thioether (sulfide) groups is 1. The van der Waals surface area contributed by atoms with Crippen LogP contribution in [0.5, 0.6) is 0 Å². The molecule has 0 radical (unpaired) electrons. The van der Waals surface area contributed by atoms with Crippen LogP contribution in [-0.2, 0) is 6.18 Å². The SMILES string of the molecule is Cc1cccc(N=C2NC(=O)S/C2=C\c2ccc(-c3cc(C(F)(F)F)ccc3Cl)o2)c1. The molecule has 1 N–H and O–H groups in total. The molecule has 31 heavy (non-hydrogen) atoms. The van der Waals surface area contributed by atoms with E-state index in [2.05, 4.69) is 10.3 Å². The summed E-state index contributed by atoms with van der Waals surface area (Å²) in [5.74, 6) is 0.900. The Kier molecular flexibility index (Phi) is 5.68. The molecule has 0 bridgehead atoms. The third-order valence-corrected chi connectivity index (χ3v) is 5.51. The van der Waals surface area contributed by atoms with Gasteiger partial charge in [0.15, 0.2) is 0 Å². The molecule has 1 amide bonds. The molecule has 1 fully saturated rings. The van der Waals surface area contributed by atoms with Crippen LogP contribution in [-0.4, -0.2) is 11.1 Å². The van der Waals surface area contributed by atoms with Gasteiger partial charge in [0, 0.05) is 5.56 Å². The monoisotopic (exact) mass is 462 g/mol. The lowest BCUT2D eigenvalue weighted by Gasteiger charge is -2.09. The molecule has 3 aromatic rings. The first-order valence-electron chi connectivity index (χ1n) is 9.02. The van der Waals surface area contributed by atoms with Gasteiger partial charge in [0.2, 0.25) is 0 Å². The average Bonchev–Trinajstić information content (AvgIpc) is 3.28. The molecule has 2 heterocycles. The fourth-order valence-electron chi connectivity index (χ4n) is 2.93. The number of hydrogen-bond donors (Lipinski definition) is 1. The second-order valence-electron chi connectivity index (χ2n) is 6.72. The van der Waals surface area contributed by atoms with E-state index < -0.39 is 11.7 Å². The Hall–Kier alpha value is -2.97. The van der Waals surface area contributed by atoms with Crippen LogP contribution in [0.1, 0.15) is 16.9 Å². The lowest BCUT2D eigenvalue weighted by Crippen LogP contribution is -2.18. The maximum Gasteiger partial charge on any atom is 0.416 e. The predicted octanol–water partition coefficient (Wildman–Crippen LogP) is 7.45. The Morgan fingerprint density at radius 3 is 2.68 bits per heavy atom. The summed E-state index contributed by atoms with van der Waals surface area (Å²) in [6, 6.07) is 13.6. The van der Waals surface area contributed by atoms with E-state index >= 15 is 0 Å². The molecule has 1 aliphatic heterocycles. The standard InChI is InChI=1S/C22H14ClF3N2O2S/c1-12-3-2-4-14(9-12)27-20-19(31-21(29)28-20)11-15-6-8-18(30-15)16-10-13(22(24,25)26)5-7-17(16)23/h2-11H,1H3,(H,27,28,29)/b19-11-. The zero-order valence-corrected chi connectivity index (χ0v) is 17.5. The van der Waals surface area contributed by atoms with E-state index in [0.717, 1.165) is 29.5 Å². The number of hydrogen-bond acceptors (Lipinski definition) is 4. The zero-order chi connectivity index (χ0) is 22.2. The first kappa shape index (κ1) is 21.3. The lowest BCUT2D eigenvalue weighted by atomic mass is 10.1. The van der Waals surface area contributed by atoms with Crippen molar-refractivity contribution in [2.24, 2.45) is 4.99 Å². The average molecular weight is 463 g/mol. The van der Waals surface area contributed by atoms with Crippen LogP contribution < -0.4 is 5.32 Å². The first-order chi connectivity index (χ1) is 14.7. The van der Waals surface area contributed by atoms with Crippen molar-refractivity contribution in [3.8, 4) is 11.3 Å². The van der Waals surface area contributed by atoms with Crippen LogP contribution >= 0.6 is 23.4 Å². The molecular weight excluding hydrogens is 449 g/mol. The molecular formula is C22H14ClF3N2O2S. The molecule has 1 aliphatic rings. The van der Waals surface area contributed by atoms with Gasteiger partial charge in [0.05, 0.1) is 21.2 Å². The minimum absolute atomic E-state index is 0.128. The number of aryl methyl sites for hydroxylation is 1. The van der Waals surface area contributed by atoms with Crippen LogP contribution in [0.15, 0.2) is 68.9 Å². The number of aliphatic imine (C=N–C) groups is 1. The smallest absolute Gasteiger partial charge is 0.416 e. The lowest BCUT2D eigenvalue weighted by molar-refractivity contribution is -0.137. The van der Waals surface area contributed by atoms with Gasteiger partial charge < -0.3 is 9.73 Å². The molecule has 0 atom stereocenters. The van der Waals surface area contributed by atoms with Crippen LogP contribution in [0, 0.1) is 6.92 Å². The van der Waals surface area contributed by atoms with E-state index in [1.807, 2.05) is 31.2 Å². The fourth-order valence-corrected chi connectivity index (χ4v) is 3.86. The molecule has 2 aromatic carbocycles. The molecule has 1 saturated heterocycles. The fraction of sp³-hybridized carbons (Fsp3) is 0.0909. The van der Waals surface area contributed by atoms with Crippen molar-refractivity contribution in [2.45, 2.75) is 13.1 Å². The third kappa shape index (κ3) is 4.86. The Balaban J connectivity index is 1.67. The largest absolute Gasteiger partial charge is 0.457 e. The number of carbonyl (C=O) groups is 1. The van der Waals surface area contributed by atoms with Gasteiger partial charge in [-0.25, -0.2) is 4.99 Å². The number of nitrogens with zero attached hydrogens (tertiary/aromatic N) is 1. The normalized spacial score (nSPS) is 16.9. The predicted molar refractivity (Wildman–Crippen MR) is 117 cm³/mol. The molecule has 9 heteroatoms. The summed E-state index contributed by atoms with van der Waals surface area (Å²) in [4.78, 5) is 16.9. The number of carbonyl (C=O) groups excluding carboxylic acids is 1. The van der Waals surface area contributed by atoms with E-state index in [4.69, 9.17) is 16.0 Å². The molecule has 1 aromatic heterocycles. The Labute approximate surface area is 184 Å². The number of halogens is 4. The van der Waals surface area contributed by atoms with Crippen molar-refractivity contribution in [2.75, 3.05) is 0 Å². The molecule has 0 saturated carbocycles. The highest BCUT2D eigenvalue weighted by Crippen LogP contribution is 2.37.